The fourth-order valence-corrected chi connectivity index (χ4v) is 2.68. The summed E-state index contributed by atoms with van der Waals surface area (Å²) in [6.07, 6.45) is 0.113. The Morgan fingerprint density at radius 3 is 2.50 bits per heavy atom. The van der Waals surface area contributed by atoms with E-state index in [9.17, 15) is 19.3 Å². The van der Waals surface area contributed by atoms with E-state index in [1.165, 1.54) is 18.2 Å². The molecule has 5 nitrogen and oxygen atoms in total. The summed E-state index contributed by atoms with van der Waals surface area (Å²) in [5.74, 6) is -0.523. The number of amides is 1. The molecule has 0 bridgehead atoms. The summed E-state index contributed by atoms with van der Waals surface area (Å²) in [7, 11) is 0. The van der Waals surface area contributed by atoms with E-state index in [1.807, 2.05) is 6.92 Å². The highest BCUT2D eigenvalue weighted by Crippen LogP contribution is 2.18. The number of nitrogens with zero attached hydrogens (tertiary/aromatic N) is 2. The molecule has 0 aliphatic rings. The molecule has 0 fully saturated rings. The molecule has 0 radical (unpaired) electrons. The second-order valence-electron chi connectivity index (χ2n) is 5.24. The molecule has 0 aromatic heterocycles. The van der Waals surface area contributed by atoms with Gasteiger partial charge in [-0.25, -0.2) is 4.39 Å². The number of halogens is 2. The van der Waals surface area contributed by atoms with Crippen molar-refractivity contribution in [3.05, 3.63) is 74.0 Å². The molecular weight excluding hydrogens is 379 g/mol. The Hall–Kier alpha value is -2.28. The molecule has 2 aromatic carbocycles. The van der Waals surface area contributed by atoms with Gasteiger partial charge in [0.05, 0.1) is 11.3 Å². The predicted molar refractivity (Wildman–Crippen MR) is 92.0 cm³/mol. The standard InChI is InChI=1S/C17H16BrFN2O3/c1-2-20(11-13-10-14(18)5-8-16(13)19)17(22)9-12-3-6-15(7-4-12)21(23)24/h3-8,10H,2,9,11H2,1H3. The van der Waals surface area contributed by atoms with Crippen LogP contribution in [0.4, 0.5) is 10.1 Å². The third-order valence-electron chi connectivity index (χ3n) is 3.61. The first-order valence-electron chi connectivity index (χ1n) is 7.35. The first kappa shape index (κ1) is 18.1. The summed E-state index contributed by atoms with van der Waals surface area (Å²) in [4.78, 5) is 24.1. The molecule has 24 heavy (non-hydrogen) atoms. The van der Waals surface area contributed by atoms with Crippen LogP contribution in [0.25, 0.3) is 0 Å². The van der Waals surface area contributed by atoms with Gasteiger partial charge in [-0.2, -0.15) is 0 Å². The highest BCUT2D eigenvalue weighted by Gasteiger charge is 2.16. The van der Waals surface area contributed by atoms with Crippen LogP contribution in [0.15, 0.2) is 46.9 Å². The first-order chi connectivity index (χ1) is 11.4. The highest BCUT2D eigenvalue weighted by atomic mass is 79.9. The zero-order chi connectivity index (χ0) is 17.7. The number of likely N-dealkylation sites (N-methyl/N-ethyl adjacent to an activating group) is 1. The number of nitro benzene ring substituents is 1. The van der Waals surface area contributed by atoms with E-state index in [2.05, 4.69) is 15.9 Å². The van der Waals surface area contributed by atoms with Crippen LogP contribution in [0.5, 0.6) is 0 Å². The van der Waals surface area contributed by atoms with Crippen LogP contribution in [0, 0.1) is 15.9 Å². The monoisotopic (exact) mass is 394 g/mol. The van der Waals surface area contributed by atoms with Crippen molar-refractivity contribution in [1.29, 1.82) is 0 Å². The summed E-state index contributed by atoms with van der Waals surface area (Å²) in [5, 5.41) is 10.6. The molecule has 0 aliphatic heterocycles. The Bertz CT molecular complexity index is 750. The lowest BCUT2D eigenvalue weighted by Gasteiger charge is -2.21. The van der Waals surface area contributed by atoms with Gasteiger partial charge in [-0.1, -0.05) is 28.1 Å². The quantitative estimate of drug-likeness (QED) is 0.547. The largest absolute Gasteiger partial charge is 0.338 e. The number of carbonyl (C=O) groups is 1. The van der Waals surface area contributed by atoms with Crippen molar-refractivity contribution in [3.8, 4) is 0 Å². The van der Waals surface area contributed by atoms with Gasteiger partial charge in [0.2, 0.25) is 5.91 Å². The maximum Gasteiger partial charge on any atom is 0.269 e. The van der Waals surface area contributed by atoms with Crippen molar-refractivity contribution < 1.29 is 14.1 Å². The highest BCUT2D eigenvalue weighted by molar-refractivity contribution is 9.10. The average Bonchev–Trinajstić information content (AvgIpc) is 2.56. The number of hydrogen-bond acceptors (Lipinski definition) is 3. The van der Waals surface area contributed by atoms with Crippen molar-refractivity contribution in [1.82, 2.24) is 4.90 Å². The molecule has 7 heteroatoms. The minimum Gasteiger partial charge on any atom is -0.338 e. The molecule has 1 amide bonds. The number of hydrogen-bond donors (Lipinski definition) is 0. The van der Waals surface area contributed by atoms with Gasteiger partial charge >= 0.3 is 0 Å². The molecule has 0 spiro atoms. The van der Waals surface area contributed by atoms with Crippen molar-refractivity contribution >= 4 is 27.5 Å². The van der Waals surface area contributed by atoms with Crippen molar-refractivity contribution in [3.63, 3.8) is 0 Å². The molecule has 0 aliphatic carbocycles. The SMILES string of the molecule is CCN(Cc1cc(Br)ccc1F)C(=O)Cc1ccc([N+](=O)[O-])cc1. The fourth-order valence-electron chi connectivity index (χ4n) is 2.27. The molecule has 126 valence electrons. The normalized spacial score (nSPS) is 10.5. The fraction of sp³-hybridized carbons (Fsp3) is 0.235. The van der Waals surface area contributed by atoms with Gasteiger partial charge < -0.3 is 4.90 Å². The molecule has 0 saturated carbocycles. The Labute approximate surface area is 147 Å². The first-order valence-corrected chi connectivity index (χ1v) is 8.15. The zero-order valence-electron chi connectivity index (χ0n) is 13.0. The zero-order valence-corrected chi connectivity index (χ0v) is 14.6. The summed E-state index contributed by atoms with van der Waals surface area (Å²) >= 11 is 3.29. The van der Waals surface area contributed by atoms with Gasteiger partial charge in [0.25, 0.3) is 5.69 Å². The van der Waals surface area contributed by atoms with E-state index < -0.39 is 4.92 Å². The third kappa shape index (κ3) is 4.61. The van der Waals surface area contributed by atoms with Crippen LogP contribution in [0.3, 0.4) is 0 Å². The lowest BCUT2D eigenvalue weighted by atomic mass is 10.1. The van der Waals surface area contributed by atoms with Crippen LogP contribution in [0.1, 0.15) is 18.1 Å². The average molecular weight is 395 g/mol. The summed E-state index contributed by atoms with van der Waals surface area (Å²) in [6, 6.07) is 10.5. The van der Waals surface area contributed by atoms with Gasteiger partial charge in [-0.05, 0) is 30.7 Å². The van der Waals surface area contributed by atoms with Gasteiger partial charge in [-0.3, -0.25) is 14.9 Å². The molecule has 0 heterocycles. The van der Waals surface area contributed by atoms with Gasteiger partial charge in [0.1, 0.15) is 5.82 Å². The third-order valence-corrected chi connectivity index (χ3v) is 4.10. The summed E-state index contributed by atoms with van der Waals surface area (Å²) in [5.41, 5.74) is 1.09. The van der Waals surface area contributed by atoms with E-state index >= 15 is 0 Å². The smallest absolute Gasteiger partial charge is 0.269 e. The number of carbonyl (C=O) groups excluding carboxylic acids is 1. The maximum atomic E-state index is 13.9. The minimum absolute atomic E-state index is 0.0187. The van der Waals surface area contributed by atoms with E-state index in [1.54, 1.807) is 29.2 Å². The molecule has 0 unspecified atom stereocenters. The van der Waals surface area contributed by atoms with Gasteiger partial charge in [-0.15, -0.1) is 0 Å². The Morgan fingerprint density at radius 2 is 1.92 bits per heavy atom. The number of benzene rings is 2. The minimum atomic E-state index is -0.486. The Balaban J connectivity index is 2.08. The Morgan fingerprint density at radius 1 is 1.25 bits per heavy atom. The number of non-ortho nitro benzene ring substituents is 1. The molecular formula is C17H16BrFN2O3. The van der Waals surface area contributed by atoms with Gasteiger partial charge in [0, 0.05) is 35.3 Å². The van der Waals surface area contributed by atoms with Crippen molar-refractivity contribution in [2.45, 2.75) is 19.9 Å². The topological polar surface area (TPSA) is 63.5 Å². The predicted octanol–water partition coefficient (Wildman–Crippen LogP) is 4.09. The van der Waals surface area contributed by atoms with Crippen molar-refractivity contribution in [2.75, 3.05) is 6.54 Å². The van der Waals surface area contributed by atoms with Crippen LogP contribution < -0.4 is 0 Å². The summed E-state index contributed by atoms with van der Waals surface area (Å²) in [6.45, 7) is 2.44. The second-order valence-corrected chi connectivity index (χ2v) is 6.16. The summed E-state index contributed by atoms with van der Waals surface area (Å²) < 4.78 is 14.6. The van der Waals surface area contributed by atoms with E-state index in [-0.39, 0.29) is 30.4 Å². The molecule has 2 rings (SSSR count). The van der Waals surface area contributed by atoms with Crippen LogP contribution in [0.2, 0.25) is 0 Å². The van der Waals surface area contributed by atoms with Crippen LogP contribution in [-0.2, 0) is 17.8 Å². The number of nitro groups is 1. The lowest BCUT2D eigenvalue weighted by Crippen LogP contribution is -2.32. The molecule has 0 N–H and O–H groups in total. The van der Waals surface area contributed by atoms with E-state index in [4.69, 9.17) is 0 Å². The lowest BCUT2D eigenvalue weighted by molar-refractivity contribution is -0.384. The van der Waals surface area contributed by atoms with Gasteiger partial charge in [0.15, 0.2) is 0 Å². The van der Waals surface area contributed by atoms with E-state index in [0.717, 1.165) is 4.47 Å². The molecule has 0 saturated heterocycles. The molecule has 2 aromatic rings. The maximum absolute atomic E-state index is 13.9. The van der Waals surface area contributed by atoms with Crippen LogP contribution in [-0.4, -0.2) is 22.3 Å². The van der Waals surface area contributed by atoms with Crippen molar-refractivity contribution in [2.24, 2.45) is 0 Å². The van der Waals surface area contributed by atoms with E-state index in [0.29, 0.717) is 17.7 Å². The number of rotatable bonds is 6. The van der Waals surface area contributed by atoms with Crippen LogP contribution >= 0.6 is 15.9 Å². The Kier molecular flexibility index (Phi) is 6.03. The second kappa shape index (κ2) is 8.01. The molecule has 0 atom stereocenters.